The van der Waals surface area contributed by atoms with Crippen LogP contribution in [0.3, 0.4) is 0 Å². The van der Waals surface area contributed by atoms with Gasteiger partial charge in [-0.3, -0.25) is 4.90 Å². The van der Waals surface area contributed by atoms with Crippen LogP contribution in [0.1, 0.15) is 19.3 Å². The van der Waals surface area contributed by atoms with Crippen LogP contribution in [0.25, 0.3) is 0 Å². The molecular weight excluding hydrogens is 142 g/mol. The molecule has 2 fully saturated rings. The lowest BCUT2D eigenvalue weighted by atomic mass is 10.1. The summed E-state index contributed by atoms with van der Waals surface area (Å²) in [5.41, 5.74) is 0. The predicted octanol–water partition coefficient (Wildman–Crippen LogP) is 0.803. The topological polar surface area (TPSA) is 21.7 Å². The maximum Gasteiger partial charge on any atom is 0.100 e. The largest absolute Gasteiger partial charge is 0.296 e. The van der Waals surface area contributed by atoms with Gasteiger partial charge in [0.25, 0.3) is 0 Å². The first-order valence-corrected chi connectivity index (χ1v) is 4.45. The number of nitrogens with zero attached hydrogens (tertiary/aromatic N) is 1. The second-order valence-electron chi connectivity index (χ2n) is 3.32. The molecule has 2 heterocycles. The quantitative estimate of drug-likeness (QED) is 0.525. The van der Waals surface area contributed by atoms with E-state index >= 15 is 0 Å². The smallest absolute Gasteiger partial charge is 0.100 e. The zero-order valence-electron chi connectivity index (χ0n) is 6.79. The number of piperidine rings is 1. The van der Waals surface area contributed by atoms with Gasteiger partial charge in [-0.15, -0.1) is 0 Å². The van der Waals surface area contributed by atoms with Crippen LogP contribution in [-0.2, 0) is 9.78 Å². The monoisotopic (exact) mass is 157 g/mol. The molecule has 0 atom stereocenters. The number of likely N-dealkylation sites (tertiary alicyclic amines) is 1. The molecule has 0 aromatic carbocycles. The standard InChI is InChI=1S/C8H15NO2/c1-2-4-9(5-3-1)8-6-10-11-7-8/h8H,1-7H2. The number of hydrogen-bond acceptors (Lipinski definition) is 3. The minimum Gasteiger partial charge on any atom is -0.296 e. The molecule has 2 rings (SSSR count). The van der Waals surface area contributed by atoms with Crippen molar-refractivity contribution in [2.45, 2.75) is 25.3 Å². The molecule has 0 amide bonds. The minimum absolute atomic E-state index is 0.537. The molecule has 3 heteroatoms. The molecule has 0 aromatic heterocycles. The van der Waals surface area contributed by atoms with E-state index in [0.29, 0.717) is 6.04 Å². The van der Waals surface area contributed by atoms with E-state index in [1.165, 1.54) is 32.4 Å². The molecule has 0 unspecified atom stereocenters. The van der Waals surface area contributed by atoms with E-state index in [0.717, 1.165) is 13.2 Å². The van der Waals surface area contributed by atoms with Crippen molar-refractivity contribution in [1.82, 2.24) is 4.90 Å². The van der Waals surface area contributed by atoms with Gasteiger partial charge in [-0.2, -0.15) is 0 Å². The Morgan fingerprint density at radius 2 is 1.55 bits per heavy atom. The molecule has 0 radical (unpaired) electrons. The molecule has 0 bridgehead atoms. The van der Waals surface area contributed by atoms with Crippen LogP contribution in [0, 0.1) is 0 Å². The molecule has 2 aliphatic rings. The highest BCUT2D eigenvalue weighted by Gasteiger charge is 2.25. The van der Waals surface area contributed by atoms with E-state index < -0.39 is 0 Å². The van der Waals surface area contributed by atoms with E-state index in [-0.39, 0.29) is 0 Å². The Balaban J connectivity index is 1.82. The Labute approximate surface area is 67.2 Å². The molecule has 0 saturated carbocycles. The van der Waals surface area contributed by atoms with Crippen molar-refractivity contribution in [2.75, 3.05) is 26.3 Å². The van der Waals surface area contributed by atoms with Gasteiger partial charge in [-0.1, -0.05) is 6.42 Å². The fraction of sp³-hybridized carbons (Fsp3) is 1.00. The fourth-order valence-electron chi connectivity index (χ4n) is 1.80. The van der Waals surface area contributed by atoms with Crippen molar-refractivity contribution in [2.24, 2.45) is 0 Å². The zero-order chi connectivity index (χ0) is 7.52. The highest BCUT2D eigenvalue weighted by atomic mass is 17.2. The van der Waals surface area contributed by atoms with Crippen LogP contribution in [0.15, 0.2) is 0 Å². The Morgan fingerprint density at radius 1 is 0.909 bits per heavy atom. The first kappa shape index (κ1) is 7.53. The molecule has 0 aliphatic carbocycles. The van der Waals surface area contributed by atoms with E-state index in [1.807, 2.05) is 0 Å². The highest BCUT2D eigenvalue weighted by Crippen LogP contribution is 2.15. The third-order valence-corrected chi connectivity index (χ3v) is 2.51. The Kier molecular flexibility index (Phi) is 2.41. The first-order chi connectivity index (χ1) is 5.47. The molecule has 0 aromatic rings. The minimum atomic E-state index is 0.537. The van der Waals surface area contributed by atoms with E-state index in [1.54, 1.807) is 0 Å². The van der Waals surface area contributed by atoms with Crippen LogP contribution in [0.5, 0.6) is 0 Å². The molecule has 2 saturated heterocycles. The summed E-state index contributed by atoms with van der Waals surface area (Å²) in [4.78, 5) is 12.2. The van der Waals surface area contributed by atoms with Crippen molar-refractivity contribution in [1.29, 1.82) is 0 Å². The van der Waals surface area contributed by atoms with Gasteiger partial charge in [0.05, 0.1) is 6.04 Å². The summed E-state index contributed by atoms with van der Waals surface area (Å²) in [6, 6.07) is 0.537. The van der Waals surface area contributed by atoms with Gasteiger partial charge >= 0.3 is 0 Å². The summed E-state index contributed by atoms with van der Waals surface area (Å²) in [6.45, 7) is 3.99. The van der Waals surface area contributed by atoms with E-state index in [2.05, 4.69) is 4.90 Å². The Bertz CT molecular complexity index is 117. The van der Waals surface area contributed by atoms with Crippen molar-refractivity contribution in [3.63, 3.8) is 0 Å². The zero-order valence-corrected chi connectivity index (χ0v) is 6.79. The predicted molar refractivity (Wildman–Crippen MR) is 41.1 cm³/mol. The van der Waals surface area contributed by atoms with Crippen LogP contribution in [0.4, 0.5) is 0 Å². The summed E-state index contributed by atoms with van der Waals surface area (Å²) in [5, 5.41) is 0. The second-order valence-corrected chi connectivity index (χ2v) is 3.32. The van der Waals surface area contributed by atoms with Gasteiger partial charge < -0.3 is 0 Å². The van der Waals surface area contributed by atoms with E-state index in [4.69, 9.17) is 9.78 Å². The fourth-order valence-corrected chi connectivity index (χ4v) is 1.80. The number of hydrogen-bond donors (Lipinski definition) is 0. The SMILES string of the molecule is C1CCN(C2COOC2)CC1. The van der Waals surface area contributed by atoms with Crippen LogP contribution >= 0.6 is 0 Å². The molecule has 3 nitrogen and oxygen atoms in total. The lowest BCUT2D eigenvalue weighted by molar-refractivity contribution is -0.248. The van der Waals surface area contributed by atoms with Gasteiger partial charge in [0.1, 0.15) is 13.2 Å². The van der Waals surface area contributed by atoms with Gasteiger partial charge in [-0.05, 0) is 25.9 Å². The lowest BCUT2D eigenvalue weighted by Crippen LogP contribution is -2.41. The summed E-state index contributed by atoms with van der Waals surface area (Å²) in [5.74, 6) is 0. The molecule has 64 valence electrons. The van der Waals surface area contributed by atoms with Crippen LogP contribution in [-0.4, -0.2) is 37.2 Å². The Morgan fingerprint density at radius 3 is 2.18 bits per heavy atom. The second kappa shape index (κ2) is 3.52. The molecule has 0 N–H and O–H groups in total. The van der Waals surface area contributed by atoms with Gasteiger partial charge in [0.2, 0.25) is 0 Å². The van der Waals surface area contributed by atoms with Crippen molar-refractivity contribution < 1.29 is 9.78 Å². The van der Waals surface area contributed by atoms with Crippen LogP contribution < -0.4 is 0 Å². The molecule has 2 aliphatic heterocycles. The van der Waals surface area contributed by atoms with Crippen molar-refractivity contribution in [3.05, 3.63) is 0 Å². The number of rotatable bonds is 1. The summed E-state index contributed by atoms with van der Waals surface area (Å²) in [6.07, 6.45) is 4.08. The highest BCUT2D eigenvalue weighted by molar-refractivity contribution is 4.75. The molecule has 11 heavy (non-hydrogen) atoms. The normalized spacial score (nSPS) is 29.5. The van der Waals surface area contributed by atoms with Crippen LogP contribution in [0.2, 0.25) is 0 Å². The lowest BCUT2D eigenvalue weighted by Gasteiger charge is -2.29. The van der Waals surface area contributed by atoms with Crippen molar-refractivity contribution >= 4 is 0 Å². The average molecular weight is 157 g/mol. The maximum absolute atomic E-state index is 4.87. The Hall–Kier alpha value is -0.120. The third kappa shape index (κ3) is 1.72. The summed E-state index contributed by atoms with van der Waals surface area (Å²) in [7, 11) is 0. The van der Waals surface area contributed by atoms with E-state index in [9.17, 15) is 0 Å². The molecular formula is C8H15NO2. The van der Waals surface area contributed by atoms with Gasteiger partial charge in [0.15, 0.2) is 0 Å². The molecule has 0 spiro atoms. The first-order valence-electron chi connectivity index (χ1n) is 4.45. The average Bonchev–Trinajstić information content (AvgIpc) is 2.58. The third-order valence-electron chi connectivity index (χ3n) is 2.51. The van der Waals surface area contributed by atoms with Crippen molar-refractivity contribution in [3.8, 4) is 0 Å². The van der Waals surface area contributed by atoms with Gasteiger partial charge in [-0.25, -0.2) is 9.78 Å². The summed E-state index contributed by atoms with van der Waals surface area (Å²) >= 11 is 0. The summed E-state index contributed by atoms with van der Waals surface area (Å²) < 4.78 is 0. The maximum atomic E-state index is 4.87. The van der Waals surface area contributed by atoms with Gasteiger partial charge in [0, 0.05) is 0 Å².